The zero-order valence-corrected chi connectivity index (χ0v) is 10.9. The fourth-order valence-corrected chi connectivity index (χ4v) is 1.71. The number of carbonyl (C=O) groups excluding carboxylic acids is 2. The van der Waals surface area contributed by atoms with E-state index in [-0.39, 0.29) is 24.1 Å². The molecule has 1 aliphatic heterocycles. The first-order valence-corrected chi connectivity index (χ1v) is 6.34. The van der Waals surface area contributed by atoms with Crippen molar-refractivity contribution in [2.75, 3.05) is 0 Å². The lowest BCUT2D eigenvalue weighted by molar-refractivity contribution is -0.145. The Balaban J connectivity index is 2.50. The van der Waals surface area contributed by atoms with Gasteiger partial charge in [0, 0.05) is 19.4 Å². The van der Waals surface area contributed by atoms with Gasteiger partial charge in [-0.15, -0.1) is 0 Å². The lowest BCUT2D eigenvalue weighted by atomic mass is 10.1. The van der Waals surface area contributed by atoms with Gasteiger partial charge >= 0.3 is 11.9 Å². The lowest BCUT2D eigenvalue weighted by Gasteiger charge is -2.17. The molecule has 0 spiro atoms. The first-order chi connectivity index (χ1) is 8.61. The molecular weight excluding hydrogens is 232 g/mol. The number of esters is 2. The molecule has 0 fully saturated rings. The van der Waals surface area contributed by atoms with E-state index in [9.17, 15) is 9.59 Å². The summed E-state index contributed by atoms with van der Waals surface area (Å²) in [6.45, 7) is 3.48. The quantitative estimate of drug-likeness (QED) is 0.538. The predicted molar refractivity (Wildman–Crippen MR) is 67.9 cm³/mol. The summed E-state index contributed by atoms with van der Waals surface area (Å²) in [5, 5.41) is 0. The van der Waals surface area contributed by atoms with Gasteiger partial charge in [0.2, 0.25) is 0 Å². The van der Waals surface area contributed by atoms with Gasteiger partial charge in [-0.05, 0) is 25.0 Å². The van der Waals surface area contributed by atoms with Crippen molar-refractivity contribution in [2.45, 2.75) is 51.7 Å². The molecule has 0 amide bonds. The molecular formula is C14H20O4. The Labute approximate surface area is 108 Å². The standard InChI is InChI=1S/C14H20O4/c1-3-4-6-12(17-11(2)15)9-10-13-7-5-8-14(16)18-13/h5,8-10,12-13H,3-4,6-7H2,1-2H3/t12-,13+/m0/s1. The maximum Gasteiger partial charge on any atom is 0.331 e. The van der Waals surface area contributed by atoms with Crippen LogP contribution in [-0.4, -0.2) is 24.1 Å². The molecule has 1 aliphatic rings. The summed E-state index contributed by atoms with van der Waals surface area (Å²) >= 11 is 0. The zero-order chi connectivity index (χ0) is 13.4. The van der Waals surface area contributed by atoms with Crippen LogP contribution in [0.3, 0.4) is 0 Å². The van der Waals surface area contributed by atoms with E-state index in [0.717, 1.165) is 19.3 Å². The summed E-state index contributed by atoms with van der Waals surface area (Å²) < 4.78 is 10.3. The van der Waals surface area contributed by atoms with Crippen LogP contribution in [0.5, 0.6) is 0 Å². The van der Waals surface area contributed by atoms with Gasteiger partial charge in [0.15, 0.2) is 0 Å². The number of cyclic esters (lactones) is 1. The summed E-state index contributed by atoms with van der Waals surface area (Å²) in [6.07, 6.45) is 9.84. The third-order valence-corrected chi connectivity index (χ3v) is 2.59. The summed E-state index contributed by atoms with van der Waals surface area (Å²) in [4.78, 5) is 22.0. The van der Waals surface area contributed by atoms with Crippen LogP contribution in [-0.2, 0) is 19.1 Å². The summed E-state index contributed by atoms with van der Waals surface area (Å²) in [7, 11) is 0. The second-order valence-electron chi connectivity index (χ2n) is 4.29. The van der Waals surface area contributed by atoms with Gasteiger partial charge in [-0.3, -0.25) is 4.79 Å². The lowest BCUT2D eigenvalue weighted by Crippen LogP contribution is -2.19. The smallest absolute Gasteiger partial charge is 0.331 e. The largest absolute Gasteiger partial charge is 0.458 e. The zero-order valence-electron chi connectivity index (χ0n) is 10.9. The first-order valence-electron chi connectivity index (χ1n) is 6.34. The van der Waals surface area contributed by atoms with Gasteiger partial charge in [-0.2, -0.15) is 0 Å². The van der Waals surface area contributed by atoms with Crippen molar-refractivity contribution in [3.8, 4) is 0 Å². The molecule has 0 saturated heterocycles. The maximum atomic E-state index is 11.0. The molecule has 0 radical (unpaired) electrons. The highest BCUT2D eigenvalue weighted by molar-refractivity contribution is 5.82. The molecule has 18 heavy (non-hydrogen) atoms. The average Bonchev–Trinajstić information content (AvgIpc) is 2.32. The van der Waals surface area contributed by atoms with E-state index in [1.165, 1.54) is 13.0 Å². The molecule has 0 saturated carbocycles. The SMILES string of the molecule is CCCC[C@@H](C=C[C@H]1CC=CC(=O)O1)OC(C)=O. The molecule has 0 aromatic heterocycles. The van der Waals surface area contributed by atoms with Crippen molar-refractivity contribution in [1.29, 1.82) is 0 Å². The van der Waals surface area contributed by atoms with Crippen molar-refractivity contribution in [2.24, 2.45) is 0 Å². The Bertz CT molecular complexity index is 344. The highest BCUT2D eigenvalue weighted by atomic mass is 16.5. The van der Waals surface area contributed by atoms with E-state index >= 15 is 0 Å². The Morgan fingerprint density at radius 1 is 1.67 bits per heavy atom. The van der Waals surface area contributed by atoms with E-state index < -0.39 is 0 Å². The normalized spacial score (nSPS) is 20.8. The number of hydrogen-bond acceptors (Lipinski definition) is 4. The van der Waals surface area contributed by atoms with Crippen LogP contribution in [0.15, 0.2) is 24.3 Å². The van der Waals surface area contributed by atoms with E-state index in [0.29, 0.717) is 6.42 Å². The minimum absolute atomic E-state index is 0.230. The summed E-state index contributed by atoms with van der Waals surface area (Å²) in [6, 6.07) is 0. The molecule has 1 heterocycles. The molecule has 0 aromatic carbocycles. The second kappa shape index (κ2) is 7.69. The highest BCUT2D eigenvalue weighted by Gasteiger charge is 2.14. The number of ether oxygens (including phenoxy) is 2. The van der Waals surface area contributed by atoms with Crippen LogP contribution >= 0.6 is 0 Å². The van der Waals surface area contributed by atoms with Crippen molar-refractivity contribution in [3.63, 3.8) is 0 Å². The summed E-state index contributed by atoms with van der Waals surface area (Å²) in [5.74, 6) is -0.616. The van der Waals surface area contributed by atoms with E-state index in [1.807, 2.05) is 6.08 Å². The third-order valence-electron chi connectivity index (χ3n) is 2.59. The minimum Gasteiger partial charge on any atom is -0.458 e. The number of carbonyl (C=O) groups is 2. The highest BCUT2D eigenvalue weighted by Crippen LogP contribution is 2.12. The second-order valence-corrected chi connectivity index (χ2v) is 4.29. The number of rotatable bonds is 6. The Kier molecular flexibility index (Phi) is 6.19. The van der Waals surface area contributed by atoms with Crippen LogP contribution in [0, 0.1) is 0 Å². The first kappa shape index (κ1) is 14.5. The van der Waals surface area contributed by atoms with Crippen LogP contribution < -0.4 is 0 Å². The van der Waals surface area contributed by atoms with Crippen LogP contribution in [0.1, 0.15) is 39.5 Å². The molecule has 0 N–H and O–H groups in total. The van der Waals surface area contributed by atoms with Crippen molar-refractivity contribution < 1.29 is 19.1 Å². The van der Waals surface area contributed by atoms with Gasteiger partial charge in [-0.25, -0.2) is 4.79 Å². The molecule has 0 aromatic rings. The van der Waals surface area contributed by atoms with Gasteiger partial charge in [0.05, 0.1) is 0 Å². The van der Waals surface area contributed by atoms with E-state index in [2.05, 4.69) is 6.92 Å². The predicted octanol–water partition coefficient (Wildman–Crippen LogP) is 2.54. The van der Waals surface area contributed by atoms with Crippen molar-refractivity contribution in [3.05, 3.63) is 24.3 Å². The maximum absolute atomic E-state index is 11.0. The third kappa shape index (κ3) is 5.66. The fourth-order valence-electron chi connectivity index (χ4n) is 1.71. The van der Waals surface area contributed by atoms with Crippen molar-refractivity contribution in [1.82, 2.24) is 0 Å². The number of unbranched alkanes of at least 4 members (excludes halogenated alkanes) is 1. The average molecular weight is 252 g/mol. The number of hydrogen-bond donors (Lipinski definition) is 0. The van der Waals surface area contributed by atoms with E-state index in [4.69, 9.17) is 9.47 Å². The van der Waals surface area contributed by atoms with Gasteiger partial charge in [-0.1, -0.05) is 19.4 Å². The van der Waals surface area contributed by atoms with Gasteiger partial charge in [0.1, 0.15) is 12.2 Å². The van der Waals surface area contributed by atoms with Crippen LogP contribution in [0.4, 0.5) is 0 Å². The Morgan fingerprint density at radius 2 is 2.44 bits per heavy atom. The molecule has 2 atom stereocenters. The molecule has 1 rings (SSSR count). The van der Waals surface area contributed by atoms with Gasteiger partial charge < -0.3 is 9.47 Å². The molecule has 4 nitrogen and oxygen atoms in total. The Hall–Kier alpha value is -1.58. The molecule has 0 aliphatic carbocycles. The molecule has 0 bridgehead atoms. The van der Waals surface area contributed by atoms with Crippen LogP contribution in [0.2, 0.25) is 0 Å². The van der Waals surface area contributed by atoms with Crippen LogP contribution in [0.25, 0.3) is 0 Å². The van der Waals surface area contributed by atoms with Crippen molar-refractivity contribution >= 4 is 11.9 Å². The molecule has 0 unspecified atom stereocenters. The monoisotopic (exact) mass is 252 g/mol. The fraction of sp³-hybridized carbons (Fsp3) is 0.571. The van der Waals surface area contributed by atoms with Gasteiger partial charge in [0.25, 0.3) is 0 Å². The topological polar surface area (TPSA) is 52.6 Å². The minimum atomic E-state index is -0.325. The summed E-state index contributed by atoms with van der Waals surface area (Å²) in [5.41, 5.74) is 0. The molecule has 100 valence electrons. The molecule has 4 heteroatoms. The Morgan fingerprint density at radius 3 is 3.06 bits per heavy atom. The van der Waals surface area contributed by atoms with E-state index in [1.54, 1.807) is 12.2 Å².